The molecule has 0 aliphatic rings. The number of hydrogen-bond acceptors (Lipinski definition) is 27. The van der Waals surface area contributed by atoms with Crippen LogP contribution < -0.4 is 4.74 Å². The van der Waals surface area contributed by atoms with Gasteiger partial charge in [0.05, 0.1) is 46.0 Å². The fourth-order valence-corrected chi connectivity index (χ4v) is 10.3. The van der Waals surface area contributed by atoms with Crippen LogP contribution in [0.1, 0.15) is 23.1 Å². The molecular formula is C37H31N11O15S6. The molecule has 3 heterocycles. The minimum atomic E-state index is -5.23. The third-order valence-corrected chi connectivity index (χ3v) is 14.4. The number of para-hydroxylation sites is 2. The molecule has 0 unspecified atom stereocenters. The van der Waals surface area contributed by atoms with E-state index in [2.05, 4.69) is 64.6 Å². The van der Waals surface area contributed by atoms with Gasteiger partial charge in [0.2, 0.25) is 5.88 Å². The van der Waals surface area contributed by atoms with Gasteiger partial charge in [-0.2, -0.15) is 22.1 Å². The Kier molecular flexibility index (Phi) is 16.3. The molecule has 0 saturated carbocycles. The number of benzene rings is 4. The first kappa shape index (κ1) is 50.8. The summed E-state index contributed by atoms with van der Waals surface area (Å²) in [6.45, 7) is 2.87. The summed E-state index contributed by atoms with van der Waals surface area (Å²) in [5.41, 5.74) is 0.831. The molecule has 32 heteroatoms. The number of ether oxygens (including phenoxy) is 1. The first-order chi connectivity index (χ1) is 33.0. The van der Waals surface area contributed by atoms with Gasteiger partial charge in [-0.25, -0.2) is 15.5 Å². The molecule has 0 saturated heterocycles. The molecule has 26 nitrogen and oxygen atoms in total. The number of nitrogens with zero attached hydrogens (tertiary/aromatic N) is 11. The van der Waals surface area contributed by atoms with Crippen molar-refractivity contribution in [3.8, 4) is 23.4 Å². The van der Waals surface area contributed by atoms with Crippen LogP contribution in [0.4, 0.5) is 33.6 Å². The van der Waals surface area contributed by atoms with Gasteiger partial charge in [-0.05, 0) is 62.2 Å². The van der Waals surface area contributed by atoms with E-state index in [9.17, 15) is 41.4 Å². The lowest BCUT2D eigenvalue weighted by molar-refractivity contribution is -0.432. The Morgan fingerprint density at radius 3 is 2.32 bits per heavy atom. The Morgan fingerprint density at radius 1 is 0.841 bits per heavy atom. The van der Waals surface area contributed by atoms with Crippen LogP contribution >= 0.6 is 47.2 Å². The van der Waals surface area contributed by atoms with Crippen molar-refractivity contribution < 1.29 is 70.1 Å². The van der Waals surface area contributed by atoms with Gasteiger partial charge < -0.3 is 14.9 Å². The zero-order chi connectivity index (χ0) is 49.5. The number of phenolic OH excluding ortho intramolecular Hbond substituents is 1. The minimum absolute atomic E-state index is 0.00880. The Bertz CT molecular complexity index is 3460. The maximum absolute atomic E-state index is 13.1. The van der Waals surface area contributed by atoms with Gasteiger partial charge in [0.1, 0.15) is 39.3 Å². The highest BCUT2D eigenvalue weighted by atomic mass is 32.2. The Morgan fingerprint density at radius 2 is 1.58 bits per heavy atom. The molecule has 0 aliphatic carbocycles. The molecule has 69 heavy (non-hydrogen) atoms. The van der Waals surface area contributed by atoms with Crippen molar-refractivity contribution in [2.75, 3.05) is 23.9 Å². The molecule has 7 aromatic rings. The number of pyridine rings is 1. The lowest BCUT2D eigenvalue weighted by Gasteiger charge is -2.13. The van der Waals surface area contributed by atoms with Gasteiger partial charge in [0.25, 0.3) is 25.4 Å². The van der Waals surface area contributed by atoms with E-state index in [0.717, 1.165) is 35.5 Å². The van der Waals surface area contributed by atoms with E-state index in [1.807, 2.05) is 6.07 Å². The van der Waals surface area contributed by atoms with Crippen molar-refractivity contribution in [1.82, 2.24) is 19.6 Å². The predicted octanol–water partition coefficient (Wildman–Crippen LogP) is 10.1. The zero-order valence-corrected chi connectivity index (χ0v) is 39.9. The standard InChI is InChI=1S/C37H31N11O15S6/c1-18-14-26(28(59-10-5-13-68(53,54)55)16-25(18)41-45-36-46-47-37(66-36)64-11-12-65-62-60-51)42-44-31-29(67-63-61-52)15-21-20(32(31)49)8-9-24(33(21)69(56,57)58)40-43-30-19(2)22(17-38)34-39-23-6-3-4-7-27(23)48(34)35(30)50/h3-4,6-9,14-16,49-52H,5,10-13H2,1-2H3,(H,53,54,55)(H,56,57,58). The van der Waals surface area contributed by atoms with Gasteiger partial charge >= 0.3 is 0 Å². The number of hydrogen-bond donors (Lipinski definition) is 6. The molecule has 3 aromatic heterocycles. The van der Waals surface area contributed by atoms with E-state index in [1.165, 1.54) is 41.3 Å². The zero-order valence-electron chi connectivity index (χ0n) is 35.0. The summed E-state index contributed by atoms with van der Waals surface area (Å²) in [5, 5.41) is 90.4. The lowest BCUT2D eigenvalue weighted by Crippen LogP contribution is -2.08. The number of aromatic hydroxyl groups is 2. The summed E-state index contributed by atoms with van der Waals surface area (Å²) in [6.07, 6.45) is -0.149. The summed E-state index contributed by atoms with van der Waals surface area (Å²) >= 11 is 3.60. The smallest absolute Gasteiger partial charge is 0.297 e. The highest BCUT2D eigenvalue weighted by molar-refractivity contribution is 8.02. The number of rotatable bonds is 21. The van der Waals surface area contributed by atoms with Crippen LogP contribution in [-0.2, 0) is 39.0 Å². The Balaban J connectivity index is 1.27. The van der Waals surface area contributed by atoms with Crippen molar-refractivity contribution in [2.45, 2.75) is 34.4 Å². The lowest BCUT2D eigenvalue weighted by atomic mass is 10.1. The average Bonchev–Trinajstić information content (AvgIpc) is 3.93. The number of nitriles is 1. The van der Waals surface area contributed by atoms with Crippen LogP contribution in [0.3, 0.4) is 0 Å². The van der Waals surface area contributed by atoms with E-state index in [-0.39, 0.29) is 91.1 Å². The predicted molar refractivity (Wildman–Crippen MR) is 248 cm³/mol. The van der Waals surface area contributed by atoms with Crippen LogP contribution in [0, 0.1) is 25.2 Å². The largest absolute Gasteiger partial charge is 0.505 e. The minimum Gasteiger partial charge on any atom is -0.505 e. The van der Waals surface area contributed by atoms with Crippen LogP contribution in [0.25, 0.3) is 27.5 Å². The molecule has 6 N–H and O–H groups in total. The second-order valence-corrected chi connectivity index (χ2v) is 20.4. The summed E-state index contributed by atoms with van der Waals surface area (Å²) < 4.78 is 85.5. The van der Waals surface area contributed by atoms with Gasteiger partial charge in [0, 0.05) is 46.0 Å². The van der Waals surface area contributed by atoms with Crippen molar-refractivity contribution in [3.63, 3.8) is 0 Å². The Hall–Kier alpha value is -6.03. The first-order valence-electron chi connectivity index (χ1n) is 19.0. The maximum Gasteiger partial charge on any atom is 0.297 e. The van der Waals surface area contributed by atoms with Gasteiger partial charge in [0.15, 0.2) is 21.4 Å². The normalized spacial score (nSPS) is 12.5. The highest BCUT2D eigenvalue weighted by Gasteiger charge is 2.26. The van der Waals surface area contributed by atoms with E-state index in [4.69, 9.17) is 15.3 Å². The first-order valence-corrected chi connectivity index (χ1v) is 25.5. The summed E-state index contributed by atoms with van der Waals surface area (Å²) in [6, 6.07) is 15.1. The number of imidazole rings is 1. The van der Waals surface area contributed by atoms with Crippen LogP contribution in [-0.4, -0.2) is 90.1 Å². The molecule has 0 aliphatic heterocycles. The van der Waals surface area contributed by atoms with E-state index in [1.54, 1.807) is 31.2 Å². The van der Waals surface area contributed by atoms with Crippen molar-refractivity contribution in [3.05, 3.63) is 71.3 Å². The molecule has 0 bridgehead atoms. The van der Waals surface area contributed by atoms with E-state index in [0.29, 0.717) is 32.4 Å². The number of fused-ring (bicyclic) bond motifs is 4. The second-order valence-electron chi connectivity index (χ2n) is 13.7. The molecule has 0 atom stereocenters. The molecule has 0 spiro atoms. The van der Waals surface area contributed by atoms with Crippen molar-refractivity contribution >= 4 is 128 Å². The quantitative estimate of drug-likeness (QED) is 0.00740. The number of azo groups is 3. The SMILES string of the molecule is Cc1cc(N=Nc2c(SOOO)cc3c(S(=O)(=O)O)c(N=Nc4c(C)c(C#N)c5nc6ccccc6n5c4O)ccc3c2O)c(OCCCS(=O)(=O)O)cc1N=Nc1nnc(SCCSOOO)s1. The van der Waals surface area contributed by atoms with Crippen LogP contribution in [0.15, 0.2) is 99.4 Å². The maximum atomic E-state index is 13.1. The van der Waals surface area contributed by atoms with Crippen molar-refractivity contribution in [2.24, 2.45) is 30.7 Å². The van der Waals surface area contributed by atoms with E-state index < -0.39 is 48.2 Å². The molecule has 0 radical (unpaired) electrons. The van der Waals surface area contributed by atoms with Gasteiger partial charge in [-0.1, -0.05) is 45.3 Å². The van der Waals surface area contributed by atoms with E-state index >= 15 is 0 Å². The topological polar surface area (TPSA) is 377 Å². The van der Waals surface area contributed by atoms with Gasteiger partial charge in [-0.15, -0.1) is 49.6 Å². The molecule has 360 valence electrons. The number of aryl methyl sites for hydroxylation is 1. The monoisotopic (exact) mass is 1060 g/mol. The molecule has 7 rings (SSSR count). The molecular weight excluding hydrogens is 1030 g/mol. The Labute approximate surface area is 405 Å². The number of phenols is 1. The fraction of sp³-hybridized carbons (Fsp3) is 0.189. The third-order valence-electron chi connectivity index (χ3n) is 9.33. The van der Waals surface area contributed by atoms with Crippen molar-refractivity contribution in [1.29, 1.82) is 5.26 Å². The molecule has 4 aromatic carbocycles. The number of aromatic nitrogens is 4. The summed E-state index contributed by atoms with van der Waals surface area (Å²) in [5.74, 6) is -0.862. The number of thioether (sulfide) groups is 1. The fourth-order valence-electron chi connectivity index (χ4n) is 6.38. The summed E-state index contributed by atoms with van der Waals surface area (Å²) in [7, 11) is -9.56. The summed E-state index contributed by atoms with van der Waals surface area (Å²) in [4.78, 5) is 3.33. The van der Waals surface area contributed by atoms with Crippen LogP contribution in [0.2, 0.25) is 0 Å². The average molecular weight is 1060 g/mol. The van der Waals surface area contributed by atoms with Gasteiger partial charge in [-0.3, -0.25) is 13.5 Å². The second kappa shape index (κ2) is 22.2. The van der Waals surface area contributed by atoms with Crippen LogP contribution in [0.5, 0.6) is 17.4 Å². The highest BCUT2D eigenvalue weighted by Crippen LogP contribution is 2.48. The molecule has 0 amide bonds. The molecule has 0 fully saturated rings. The third kappa shape index (κ3) is 11.9.